The van der Waals surface area contributed by atoms with Crippen molar-refractivity contribution in [1.82, 2.24) is 6.15 Å². The van der Waals surface area contributed by atoms with E-state index in [-0.39, 0.29) is 18.0 Å². The summed E-state index contributed by atoms with van der Waals surface area (Å²) >= 11 is 0. The lowest BCUT2D eigenvalue weighted by Gasteiger charge is -1.97. The second kappa shape index (κ2) is 4.59. The van der Waals surface area contributed by atoms with E-state index in [2.05, 4.69) is 4.74 Å². The number of hydrogen-bond acceptors (Lipinski definition) is 3. The van der Waals surface area contributed by atoms with E-state index in [0.717, 1.165) is 0 Å². The van der Waals surface area contributed by atoms with Crippen LogP contribution in [0.3, 0.4) is 0 Å². The van der Waals surface area contributed by atoms with Gasteiger partial charge in [-0.3, -0.25) is 4.79 Å². The van der Waals surface area contributed by atoms with Gasteiger partial charge in [-0.15, -0.1) is 0 Å². The van der Waals surface area contributed by atoms with Crippen molar-refractivity contribution < 1.29 is 9.53 Å². The maximum absolute atomic E-state index is 10.3. The average molecular weight is 119 g/mol. The highest BCUT2D eigenvalue weighted by Gasteiger charge is 2.03. The Hall–Kier alpha value is -0.570. The summed E-state index contributed by atoms with van der Waals surface area (Å²) in [6, 6.07) is 0. The van der Waals surface area contributed by atoms with Crippen molar-refractivity contribution in [2.24, 2.45) is 5.92 Å². The number of methoxy groups -OCH3 is 1. The first-order chi connectivity index (χ1) is 3.18. The van der Waals surface area contributed by atoms with Gasteiger partial charge in [-0.05, 0) is 0 Å². The van der Waals surface area contributed by atoms with Crippen LogP contribution in [0.25, 0.3) is 0 Å². The van der Waals surface area contributed by atoms with Crippen LogP contribution in [0, 0.1) is 5.92 Å². The Labute approximate surface area is 49.6 Å². The van der Waals surface area contributed by atoms with Crippen LogP contribution in [0.1, 0.15) is 13.8 Å². The van der Waals surface area contributed by atoms with Crippen LogP contribution >= 0.6 is 0 Å². The molecule has 50 valence electrons. The molecule has 0 heterocycles. The molecule has 0 aliphatic heterocycles. The Morgan fingerprint density at radius 3 is 1.88 bits per heavy atom. The van der Waals surface area contributed by atoms with Gasteiger partial charge in [0.05, 0.1) is 13.0 Å². The molecule has 3 N–H and O–H groups in total. The van der Waals surface area contributed by atoms with Crippen LogP contribution in [0.5, 0.6) is 0 Å². The molecule has 0 bridgehead atoms. The Kier molecular flexibility index (Phi) is 5.97. The lowest BCUT2D eigenvalue weighted by atomic mass is 10.2. The first kappa shape index (κ1) is 10.4. The molecule has 3 nitrogen and oxygen atoms in total. The molecule has 0 aromatic carbocycles. The van der Waals surface area contributed by atoms with E-state index in [1.165, 1.54) is 7.11 Å². The summed E-state index contributed by atoms with van der Waals surface area (Å²) in [6.45, 7) is 3.59. The third-order valence-electron chi connectivity index (χ3n) is 0.673. The molecule has 3 heteroatoms. The number of esters is 1. The van der Waals surface area contributed by atoms with Gasteiger partial charge in [0.25, 0.3) is 0 Å². The molecular formula is C5H13NO2. The molecule has 0 saturated heterocycles. The molecule has 0 aromatic heterocycles. The largest absolute Gasteiger partial charge is 0.469 e. The zero-order valence-corrected chi connectivity index (χ0v) is 5.60. The van der Waals surface area contributed by atoms with Gasteiger partial charge in [0, 0.05) is 0 Å². The fourth-order valence-electron chi connectivity index (χ4n) is 0.236. The minimum atomic E-state index is -0.153. The van der Waals surface area contributed by atoms with Gasteiger partial charge >= 0.3 is 5.97 Å². The van der Waals surface area contributed by atoms with Crippen molar-refractivity contribution >= 4 is 5.97 Å². The lowest BCUT2D eigenvalue weighted by Crippen LogP contribution is -2.07. The molecule has 0 atom stereocenters. The summed E-state index contributed by atoms with van der Waals surface area (Å²) in [7, 11) is 1.39. The summed E-state index contributed by atoms with van der Waals surface area (Å²) in [6.07, 6.45) is 0. The average Bonchev–Trinajstić information content (AvgIpc) is 1.65. The minimum Gasteiger partial charge on any atom is -0.469 e. The number of carbonyl (C=O) groups excluding carboxylic acids is 1. The highest BCUT2D eigenvalue weighted by atomic mass is 16.5. The standard InChI is InChI=1S/C5H10O2.H3N/c1-4(2)5(6)7-3;/h4H,1-3H3;1H3. The molecule has 0 unspecified atom stereocenters. The SMILES string of the molecule is COC(=O)C(C)C.N. The maximum atomic E-state index is 10.3. The van der Waals surface area contributed by atoms with E-state index >= 15 is 0 Å². The van der Waals surface area contributed by atoms with Crippen LogP contribution < -0.4 is 6.15 Å². The molecule has 8 heavy (non-hydrogen) atoms. The molecule has 0 aliphatic carbocycles. The van der Waals surface area contributed by atoms with Gasteiger partial charge < -0.3 is 10.9 Å². The molecular weight excluding hydrogens is 106 g/mol. The number of carbonyl (C=O) groups is 1. The lowest BCUT2D eigenvalue weighted by molar-refractivity contribution is -0.144. The second-order valence-corrected chi connectivity index (χ2v) is 1.68. The van der Waals surface area contributed by atoms with Crippen molar-refractivity contribution in [2.45, 2.75) is 13.8 Å². The molecule has 0 aliphatic rings. The van der Waals surface area contributed by atoms with Gasteiger partial charge in [-0.2, -0.15) is 0 Å². The Morgan fingerprint density at radius 1 is 1.50 bits per heavy atom. The number of rotatable bonds is 1. The summed E-state index contributed by atoms with van der Waals surface area (Å²) in [5.41, 5.74) is 0. The van der Waals surface area contributed by atoms with Crippen LogP contribution in [-0.2, 0) is 9.53 Å². The van der Waals surface area contributed by atoms with Crippen molar-refractivity contribution in [2.75, 3.05) is 7.11 Å². The first-order valence-electron chi connectivity index (χ1n) is 2.26. The monoisotopic (exact) mass is 119 g/mol. The molecule has 0 radical (unpaired) electrons. The fraction of sp³-hybridized carbons (Fsp3) is 0.800. The number of hydrogen-bond donors (Lipinski definition) is 1. The van der Waals surface area contributed by atoms with Gasteiger partial charge in [0.2, 0.25) is 0 Å². The normalized spacial score (nSPS) is 8.00. The summed E-state index contributed by atoms with van der Waals surface area (Å²) in [4.78, 5) is 10.3. The topological polar surface area (TPSA) is 61.3 Å². The van der Waals surface area contributed by atoms with Crippen LogP contribution in [0.15, 0.2) is 0 Å². The summed E-state index contributed by atoms with van der Waals surface area (Å²) < 4.78 is 4.37. The predicted molar refractivity (Wildman–Crippen MR) is 31.9 cm³/mol. The van der Waals surface area contributed by atoms with E-state index in [9.17, 15) is 4.79 Å². The van der Waals surface area contributed by atoms with Crippen LogP contribution in [0.4, 0.5) is 0 Å². The zero-order chi connectivity index (χ0) is 5.86. The van der Waals surface area contributed by atoms with Gasteiger partial charge in [-0.25, -0.2) is 0 Å². The quantitative estimate of drug-likeness (QED) is 0.523. The van der Waals surface area contributed by atoms with Crippen molar-refractivity contribution in [3.05, 3.63) is 0 Å². The highest BCUT2D eigenvalue weighted by Crippen LogP contribution is 1.91. The predicted octanol–water partition coefficient (Wildman–Crippen LogP) is 0.977. The molecule has 0 aromatic rings. The van der Waals surface area contributed by atoms with E-state index in [0.29, 0.717) is 0 Å². The zero-order valence-electron chi connectivity index (χ0n) is 5.60. The van der Waals surface area contributed by atoms with Gasteiger partial charge in [0.1, 0.15) is 0 Å². The second-order valence-electron chi connectivity index (χ2n) is 1.68. The van der Waals surface area contributed by atoms with Crippen molar-refractivity contribution in [3.8, 4) is 0 Å². The van der Waals surface area contributed by atoms with Gasteiger partial charge in [0.15, 0.2) is 0 Å². The van der Waals surface area contributed by atoms with E-state index in [1.807, 2.05) is 0 Å². The smallest absolute Gasteiger partial charge is 0.308 e. The third kappa shape index (κ3) is 3.61. The van der Waals surface area contributed by atoms with Crippen LogP contribution in [-0.4, -0.2) is 13.1 Å². The van der Waals surface area contributed by atoms with Crippen LogP contribution in [0.2, 0.25) is 0 Å². The molecule has 0 spiro atoms. The summed E-state index contributed by atoms with van der Waals surface area (Å²) in [5.74, 6) is -0.148. The Morgan fingerprint density at radius 2 is 1.88 bits per heavy atom. The fourth-order valence-corrected chi connectivity index (χ4v) is 0.236. The van der Waals surface area contributed by atoms with E-state index in [1.54, 1.807) is 13.8 Å². The Bertz CT molecular complexity index is 70.8. The molecule has 0 rings (SSSR count). The highest BCUT2D eigenvalue weighted by molar-refractivity contribution is 5.71. The minimum absolute atomic E-state index is 0. The number of ether oxygens (including phenoxy) is 1. The van der Waals surface area contributed by atoms with Crippen molar-refractivity contribution in [1.29, 1.82) is 0 Å². The summed E-state index contributed by atoms with van der Waals surface area (Å²) in [5, 5.41) is 0. The van der Waals surface area contributed by atoms with E-state index < -0.39 is 0 Å². The third-order valence-corrected chi connectivity index (χ3v) is 0.673. The molecule has 0 fully saturated rings. The van der Waals surface area contributed by atoms with Crippen molar-refractivity contribution in [3.63, 3.8) is 0 Å². The first-order valence-corrected chi connectivity index (χ1v) is 2.26. The molecule has 0 saturated carbocycles. The van der Waals surface area contributed by atoms with E-state index in [4.69, 9.17) is 0 Å². The van der Waals surface area contributed by atoms with Gasteiger partial charge in [-0.1, -0.05) is 13.8 Å². The molecule has 0 amide bonds. The Balaban J connectivity index is 0. The maximum Gasteiger partial charge on any atom is 0.308 e.